The third-order valence-electron chi connectivity index (χ3n) is 1.25. The molecule has 0 aliphatic rings. The van der Waals surface area contributed by atoms with Crippen LogP contribution in [0.25, 0.3) is 5.53 Å². The van der Waals surface area contributed by atoms with Gasteiger partial charge in [-0.25, -0.2) is 4.79 Å². The highest BCUT2D eigenvalue weighted by atomic mass is 16.5. The maximum Gasteiger partial charge on any atom is 0.420 e. The fourth-order valence-electron chi connectivity index (χ4n) is 0.699. The van der Waals surface area contributed by atoms with E-state index in [0.717, 1.165) is 0 Å². The summed E-state index contributed by atoms with van der Waals surface area (Å²) in [5.41, 5.74) is 8.00. The number of rotatable bonds is 4. The van der Waals surface area contributed by atoms with E-state index in [0.29, 0.717) is 0 Å². The molecule has 1 unspecified atom stereocenters. The molecule has 0 aromatic heterocycles. The molecule has 5 heteroatoms. The lowest BCUT2D eigenvalue weighted by Crippen LogP contribution is -2.29. The van der Waals surface area contributed by atoms with Crippen LogP contribution in [-0.4, -0.2) is 34.3 Å². The van der Waals surface area contributed by atoms with E-state index < -0.39 is 17.8 Å². The lowest BCUT2D eigenvalue weighted by molar-refractivity contribution is -0.141. The fourth-order valence-corrected chi connectivity index (χ4v) is 0.699. The predicted octanol–water partition coefficient (Wildman–Crippen LogP) is 0.157. The summed E-state index contributed by atoms with van der Waals surface area (Å²) in [7, 11) is 0. The second-order valence-corrected chi connectivity index (χ2v) is 2.18. The first kappa shape index (κ1) is 11.6. The summed E-state index contributed by atoms with van der Waals surface area (Å²) in [6.07, 6.45) is 1.62. The standard InChI is InChI=1S/C8H12N2O3/c1-3-5-6(11)7(10-9)8(12)13-4-2/h3,5-6,11H,4H2,1-2H3/b5-3+. The molecule has 0 fully saturated rings. The summed E-state index contributed by atoms with van der Waals surface area (Å²) in [4.78, 5) is 13.6. The molecule has 0 aliphatic carbocycles. The molecule has 0 saturated carbocycles. The molecule has 1 atom stereocenters. The number of carbonyl (C=O) groups excluding carboxylic acids is 1. The van der Waals surface area contributed by atoms with Gasteiger partial charge < -0.3 is 15.4 Å². The van der Waals surface area contributed by atoms with Gasteiger partial charge in [0.1, 0.15) is 0 Å². The number of carbonyl (C=O) groups is 1. The number of hydrogen-bond donors (Lipinski definition) is 1. The van der Waals surface area contributed by atoms with Gasteiger partial charge in [0.15, 0.2) is 6.10 Å². The van der Waals surface area contributed by atoms with Gasteiger partial charge in [-0.15, -0.1) is 0 Å². The molecule has 0 amide bonds. The Morgan fingerprint density at radius 3 is 2.77 bits per heavy atom. The molecule has 72 valence electrons. The molecular formula is C8H12N2O3. The van der Waals surface area contributed by atoms with Gasteiger partial charge >= 0.3 is 11.7 Å². The zero-order chi connectivity index (χ0) is 10.3. The molecule has 0 aromatic carbocycles. The average molecular weight is 184 g/mol. The Hall–Kier alpha value is -1.45. The predicted molar refractivity (Wildman–Crippen MR) is 46.1 cm³/mol. The number of hydrogen-bond acceptors (Lipinski definition) is 3. The highest BCUT2D eigenvalue weighted by Crippen LogP contribution is 1.92. The van der Waals surface area contributed by atoms with Crippen molar-refractivity contribution in [2.24, 2.45) is 0 Å². The third-order valence-corrected chi connectivity index (χ3v) is 1.25. The molecule has 0 rings (SSSR count). The Kier molecular flexibility index (Phi) is 5.43. The van der Waals surface area contributed by atoms with Gasteiger partial charge in [-0.05, 0) is 19.9 Å². The quantitative estimate of drug-likeness (QED) is 0.222. The highest BCUT2D eigenvalue weighted by molar-refractivity contribution is 6.36. The van der Waals surface area contributed by atoms with Crippen LogP contribution in [0.2, 0.25) is 0 Å². The van der Waals surface area contributed by atoms with Crippen LogP contribution in [0.5, 0.6) is 0 Å². The minimum absolute atomic E-state index is 0.167. The number of ether oxygens (including phenoxy) is 1. The van der Waals surface area contributed by atoms with Crippen LogP contribution in [0.4, 0.5) is 0 Å². The van der Waals surface area contributed by atoms with Crippen molar-refractivity contribution in [1.29, 1.82) is 0 Å². The maximum absolute atomic E-state index is 11.0. The molecular weight excluding hydrogens is 172 g/mol. The van der Waals surface area contributed by atoms with Crippen molar-refractivity contribution in [3.8, 4) is 0 Å². The van der Waals surface area contributed by atoms with E-state index in [4.69, 9.17) is 5.53 Å². The van der Waals surface area contributed by atoms with Crippen molar-refractivity contribution in [1.82, 2.24) is 0 Å². The summed E-state index contributed by atoms with van der Waals surface area (Å²) >= 11 is 0. The fraction of sp³-hybridized carbons (Fsp3) is 0.500. The van der Waals surface area contributed by atoms with Crippen molar-refractivity contribution in [3.63, 3.8) is 0 Å². The van der Waals surface area contributed by atoms with Crippen LogP contribution >= 0.6 is 0 Å². The number of aliphatic hydroxyl groups excluding tert-OH is 1. The van der Waals surface area contributed by atoms with Crippen LogP contribution < -0.4 is 0 Å². The molecule has 0 bridgehead atoms. The monoisotopic (exact) mass is 184 g/mol. The summed E-state index contributed by atoms with van der Waals surface area (Å²) in [5, 5.41) is 9.23. The second kappa shape index (κ2) is 6.11. The maximum atomic E-state index is 11.0. The van der Waals surface area contributed by atoms with Crippen molar-refractivity contribution >= 4 is 11.7 Å². The van der Waals surface area contributed by atoms with Gasteiger partial charge in [0.2, 0.25) is 0 Å². The van der Waals surface area contributed by atoms with Gasteiger partial charge in [0, 0.05) is 0 Å². The molecule has 0 heterocycles. The average Bonchev–Trinajstić information content (AvgIpc) is 2.06. The molecule has 13 heavy (non-hydrogen) atoms. The number of aliphatic hydroxyl groups is 1. The van der Waals surface area contributed by atoms with Crippen LogP contribution in [0.1, 0.15) is 13.8 Å². The second-order valence-electron chi connectivity index (χ2n) is 2.18. The van der Waals surface area contributed by atoms with E-state index in [2.05, 4.69) is 9.53 Å². The Balaban J connectivity index is 4.53. The first-order chi connectivity index (χ1) is 6.17. The van der Waals surface area contributed by atoms with Crippen molar-refractivity contribution < 1.29 is 19.4 Å². The topological polar surface area (TPSA) is 82.9 Å². The van der Waals surface area contributed by atoms with Gasteiger partial charge in [-0.3, -0.25) is 0 Å². The Morgan fingerprint density at radius 1 is 1.77 bits per heavy atom. The minimum atomic E-state index is -1.23. The van der Waals surface area contributed by atoms with Crippen LogP contribution in [0.15, 0.2) is 12.2 Å². The molecule has 0 aliphatic heterocycles. The lowest BCUT2D eigenvalue weighted by atomic mass is 10.2. The van der Waals surface area contributed by atoms with Crippen LogP contribution in [0, 0.1) is 0 Å². The van der Waals surface area contributed by atoms with E-state index in [-0.39, 0.29) is 6.61 Å². The Labute approximate surface area is 76.3 Å². The molecule has 0 radical (unpaired) electrons. The first-order valence-electron chi connectivity index (χ1n) is 3.87. The lowest BCUT2D eigenvalue weighted by Gasteiger charge is -1.99. The van der Waals surface area contributed by atoms with Gasteiger partial charge in [0.05, 0.1) is 6.61 Å². The third kappa shape index (κ3) is 3.64. The van der Waals surface area contributed by atoms with Crippen molar-refractivity contribution in [2.75, 3.05) is 6.61 Å². The van der Waals surface area contributed by atoms with Gasteiger partial charge in [-0.2, -0.15) is 4.79 Å². The zero-order valence-electron chi connectivity index (χ0n) is 7.60. The van der Waals surface area contributed by atoms with E-state index in [1.807, 2.05) is 0 Å². The van der Waals surface area contributed by atoms with Gasteiger partial charge in [-0.1, -0.05) is 6.08 Å². The molecule has 0 saturated heterocycles. The number of esters is 1. The van der Waals surface area contributed by atoms with E-state index in [1.165, 1.54) is 12.2 Å². The Morgan fingerprint density at radius 2 is 2.38 bits per heavy atom. The summed E-state index contributed by atoms with van der Waals surface area (Å²) in [6.45, 7) is 3.46. The van der Waals surface area contributed by atoms with E-state index >= 15 is 0 Å². The zero-order valence-corrected chi connectivity index (χ0v) is 7.60. The number of allylic oxidation sites excluding steroid dienone is 1. The normalized spacial score (nSPS) is 12.2. The SMILES string of the molecule is C/C=C/C(O)C(=[N+]=[N-])C(=O)OCC. The largest absolute Gasteiger partial charge is 0.457 e. The molecule has 1 N–H and O–H groups in total. The molecule has 0 spiro atoms. The van der Waals surface area contributed by atoms with Crippen LogP contribution in [0.3, 0.4) is 0 Å². The minimum Gasteiger partial charge on any atom is -0.457 e. The number of nitrogens with zero attached hydrogens (tertiary/aromatic N) is 2. The highest BCUT2D eigenvalue weighted by Gasteiger charge is 2.28. The van der Waals surface area contributed by atoms with Crippen LogP contribution in [-0.2, 0) is 9.53 Å². The van der Waals surface area contributed by atoms with Crippen molar-refractivity contribution in [3.05, 3.63) is 17.7 Å². The smallest absolute Gasteiger partial charge is 0.420 e. The first-order valence-corrected chi connectivity index (χ1v) is 3.87. The van der Waals surface area contributed by atoms with E-state index in [1.54, 1.807) is 13.8 Å². The summed E-state index contributed by atoms with van der Waals surface area (Å²) in [5.74, 6) is -0.824. The Bertz CT molecular complexity index is 254. The molecule has 0 aromatic rings. The summed E-state index contributed by atoms with van der Waals surface area (Å²) in [6, 6.07) is 0. The van der Waals surface area contributed by atoms with Crippen molar-refractivity contribution in [2.45, 2.75) is 20.0 Å². The van der Waals surface area contributed by atoms with Gasteiger partial charge in [0.25, 0.3) is 0 Å². The molecule has 5 nitrogen and oxygen atoms in total. The summed E-state index contributed by atoms with van der Waals surface area (Å²) < 4.78 is 4.54. The van der Waals surface area contributed by atoms with E-state index in [9.17, 15) is 9.90 Å².